The number of nitrogens with zero attached hydrogens (tertiary/aromatic N) is 4. The fraction of sp³-hybridized carbons (Fsp3) is 0.240. The first-order chi connectivity index (χ1) is 16.3. The average Bonchev–Trinajstić information content (AvgIpc) is 3.12. The lowest BCUT2D eigenvalue weighted by Crippen LogP contribution is -2.26. The molecule has 2 aromatic heterocycles. The molecule has 2 aromatic carbocycles. The number of carbonyl (C=O) groups is 1. The van der Waals surface area contributed by atoms with Gasteiger partial charge in [-0.2, -0.15) is 13.9 Å². The van der Waals surface area contributed by atoms with Crippen molar-refractivity contribution in [1.29, 1.82) is 0 Å². The van der Waals surface area contributed by atoms with E-state index in [0.717, 1.165) is 5.56 Å². The van der Waals surface area contributed by atoms with Crippen molar-refractivity contribution in [2.75, 3.05) is 14.2 Å². The number of methoxy groups -OCH3 is 1. The summed E-state index contributed by atoms with van der Waals surface area (Å²) in [4.78, 5) is 19.9. The average molecular weight is 466 g/mol. The van der Waals surface area contributed by atoms with E-state index in [0.29, 0.717) is 33.5 Å². The highest BCUT2D eigenvalue weighted by Crippen LogP contribution is 2.31. The molecular weight excluding hydrogens is 442 g/mol. The summed E-state index contributed by atoms with van der Waals surface area (Å²) in [6, 6.07) is 16.0. The molecule has 4 aromatic rings. The van der Waals surface area contributed by atoms with E-state index in [1.54, 1.807) is 41.9 Å². The van der Waals surface area contributed by atoms with E-state index >= 15 is 0 Å². The van der Waals surface area contributed by atoms with Crippen molar-refractivity contribution in [3.8, 4) is 22.8 Å². The first-order valence-corrected chi connectivity index (χ1v) is 10.6. The van der Waals surface area contributed by atoms with Gasteiger partial charge in [0.15, 0.2) is 17.1 Å². The van der Waals surface area contributed by atoms with Gasteiger partial charge >= 0.3 is 6.61 Å². The maximum absolute atomic E-state index is 13.6. The van der Waals surface area contributed by atoms with E-state index < -0.39 is 6.61 Å². The topological polar surface area (TPSA) is 69.5 Å². The van der Waals surface area contributed by atoms with E-state index in [4.69, 9.17) is 9.72 Å². The van der Waals surface area contributed by atoms with E-state index in [9.17, 15) is 13.6 Å². The second kappa shape index (κ2) is 9.46. The van der Waals surface area contributed by atoms with Crippen molar-refractivity contribution in [2.24, 2.45) is 7.05 Å². The van der Waals surface area contributed by atoms with Gasteiger partial charge in [0.05, 0.1) is 29.4 Å². The highest BCUT2D eigenvalue weighted by Gasteiger charge is 2.22. The Morgan fingerprint density at radius 2 is 1.85 bits per heavy atom. The molecule has 176 valence electrons. The maximum Gasteiger partial charge on any atom is 0.387 e. The van der Waals surface area contributed by atoms with Crippen molar-refractivity contribution in [1.82, 2.24) is 19.7 Å². The van der Waals surface area contributed by atoms with Crippen molar-refractivity contribution in [3.05, 3.63) is 71.4 Å². The second-order valence-corrected chi connectivity index (χ2v) is 7.85. The summed E-state index contributed by atoms with van der Waals surface area (Å²) >= 11 is 0. The largest absolute Gasteiger partial charge is 0.493 e. The van der Waals surface area contributed by atoms with Gasteiger partial charge in [-0.15, -0.1) is 0 Å². The van der Waals surface area contributed by atoms with Crippen LogP contribution in [0.15, 0.2) is 54.6 Å². The number of hydrogen-bond acceptors (Lipinski definition) is 5. The molecule has 9 heteroatoms. The first-order valence-electron chi connectivity index (χ1n) is 10.6. The van der Waals surface area contributed by atoms with Gasteiger partial charge in [-0.3, -0.25) is 9.48 Å². The van der Waals surface area contributed by atoms with E-state index in [-0.39, 0.29) is 24.0 Å². The fourth-order valence-corrected chi connectivity index (χ4v) is 3.93. The molecule has 0 spiro atoms. The van der Waals surface area contributed by atoms with Gasteiger partial charge < -0.3 is 14.4 Å². The number of benzene rings is 2. The molecule has 0 N–H and O–H groups in total. The Hall–Kier alpha value is -4.01. The van der Waals surface area contributed by atoms with Gasteiger partial charge in [0.1, 0.15) is 0 Å². The molecule has 0 unspecified atom stereocenters. The zero-order chi connectivity index (χ0) is 24.4. The Balaban J connectivity index is 1.70. The smallest absolute Gasteiger partial charge is 0.387 e. The van der Waals surface area contributed by atoms with Crippen LogP contribution < -0.4 is 9.47 Å². The van der Waals surface area contributed by atoms with Gasteiger partial charge in [-0.05, 0) is 30.7 Å². The van der Waals surface area contributed by atoms with Crippen LogP contribution in [0.5, 0.6) is 11.5 Å². The number of aromatic nitrogens is 3. The van der Waals surface area contributed by atoms with Gasteiger partial charge in [0, 0.05) is 26.2 Å². The van der Waals surface area contributed by atoms with Gasteiger partial charge in [0.25, 0.3) is 5.91 Å². The molecule has 4 rings (SSSR count). The predicted molar refractivity (Wildman–Crippen MR) is 124 cm³/mol. The van der Waals surface area contributed by atoms with E-state index in [1.165, 1.54) is 13.2 Å². The maximum atomic E-state index is 13.6. The Kier molecular flexibility index (Phi) is 6.45. The van der Waals surface area contributed by atoms with Crippen LogP contribution in [0.25, 0.3) is 22.3 Å². The monoisotopic (exact) mass is 466 g/mol. The van der Waals surface area contributed by atoms with Crippen molar-refractivity contribution in [2.45, 2.75) is 20.1 Å². The summed E-state index contributed by atoms with van der Waals surface area (Å²) in [5.41, 5.74) is 4.07. The quantitative estimate of drug-likeness (QED) is 0.390. The fourth-order valence-electron chi connectivity index (χ4n) is 3.93. The number of carbonyl (C=O) groups excluding carboxylic acids is 1. The highest BCUT2D eigenvalue weighted by atomic mass is 19.3. The normalized spacial score (nSPS) is 11.1. The molecule has 0 aliphatic rings. The van der Waals surface area contributed by atoms with Crippen LogP contribution in [-0.4, -0.2) is 46.3 Å². The first kappa shape index (κ1) is 23.2. The minimum Gasteiger partial charge on any atom is -0.493 e. The lowest BCUT2D eigenvalue weighted by atomic mass is 10.0. The predicted octanol–water partition coefficient (Wildman–Crippen LogP) is 4.83. The third kappa shape index (κ3) is 4.54. The zero-order valence-corrected chi connectivity index (χ0v) is 19.3. The standard InChI is InChI=1S/C25H24F2N4O3/c1-15-22-18(13-19(17-8-6-5-7-9-17)28-23(22)31(3)29-15)24(32)30(2)14-16-10-11-20(34-25(26)27)21(12-16)33-4/h5-13,25H,14H2,1-4H3. The van der Waals surface area contributed by atoms with Crippen LogP contribution in [0, 0.1) is 6.92 Å². The lowest BCUT2D eigenvalue weighted by Gasteiger charge is -2.19. The number of alkyl halides is 2. The van der Waals surface area contributed by atoms with Gasteiger partial charge in [-0.1, -0.05) is 36.4 Å². The van der Waals surface area contributed by atoms with Crippen LogP contribution in [0.2, 0.25) is 0 Å². The molecule has 0 bridgehead atoms. The number of fused-ring (bicyclic) bond motifs is 1. The molecular formula is C25H24F2N4O3. The Labute approximate surface area is 195 Å². The van der Waals surface area contributed by atoms with Crippen LogP contribution in [0.1, 0.15) is 21.6 Å². The molecule has 0 aliphatic heterocycles. The number of amides is 1. The highest BCUT2D eigenvalue weighted by molar-refractivity contribution is 6.07. The van der Waals surface area contributed by atoms with Gasteiger partial charge in [0.2, 0.25) is 0 Å². The molecule has 1 amide bonds. The number of halogens is 2. The lowest BCUT2D eigenvalue weighted by molar-refractivity contribution is -0.0512. The third-order valence-corrected chi connectivity index (χ3v) is 5.48. The molecule has 0 saturated heterocycles. The summed E-state index contributed by atoms with van der Waals surface area (Å²) in [6.07, 6.45) is 0. The molecule has 0 radical (unpaired) electrons. The second-order valence-electron chi connectivity index (χ2n) is 7.85. The minimum absolute atomic E-state index is 0.0652. The molecule has 0 fully saturated rings. The summed E-state index contributed by atoms with van der Waals surface area (Å²) in [5.74, 6) is -0.114. The molecule has 0 aliphatic carbocycles. The minimum atomic E-state index is -2.96. The van der Waals surface area contributed by atoms with Crippen LogP contribution in [-0.2, 0) is 13.6 Å². The zero-order valence-electron chi connectivity index (χ0n) is 19.3. The van der Waals surface area contributed by atoms with E-state index in [2.05, 4.69) is 9.84 Å². The number of ether oxygens (including phenoxy) is 2. The Morgan fingerprint density at radius 1 is 1.12 bits per heavy atom. The van der Waals surface area contributed by atoms with Crippen molar-refractivity contribution >= 4 is 16.9 Å². The molecule has 7 nitrogen and oxygen atoms in total. The number of pyridine rings is 1. The molecule has 34 heavy (non-hydrogen) atoms. The van der Waals surface area contributed by atoms with Gasteiger partial charge in [-0.25, -0.2) is 4.98 Å². The third-order valence-electron chi connectivity index (χ3n) is 5.48. The summed E-state index contributed by atoms with van der Waals surface area (Å²) in [7, 11) is 4.85. The SMILES string of the molecule is COc1cc(CN(C)C(=O)c2cc(-c3ccccc3)nc3c2c(C)nn3C)ccc1OC(F)F. The molecule has 0 saturated carbocycles. The van der Waals surface area contributed by atoms with Crippen LogP contribution in [0.3, 0.4) is 0 Å². The summed E-state index contributed by atoms with van der Waals surface area (Å²) in [5, 5.41) is 5.15. The van der Waals surface area contributed by atoms with Crippen LogP contribution >= 0.6 is 0 Å². The van der Waals surface area contributed by atoms with E-state index in [1.807, 2.05) is 37.3 Å². The molecule has 2 heterocycles. The number of rotatable bonds is 7. The summed E-state index contributed by atoms with van der Waals surface area (Å²) < 4.78 is 36.5. The van der Waals surface area contributed by atoms with Crippen molar-refractivity contribution < 1.29 is 23.0 Å². The van der Waals surface area contributed by atoms with Crippen molar-refractivity contribution in [3.63, 3.8) is 0 Å². The van der Waals surface area contributed by atoms with Crippen LogP contribution in [0.4, 0.5) is 8.78 Å². The Bertz CT molecular complexity index is 1340. The number of hydrogen-bond donors (Lipinski definition) is 0. The molecule has 0 atom stereocenters. The number of aryl methyl sites for hydroxylation is 2. The Morgan fingerprint density at radius 3 is 2.53 bits per heavy atom. The summed E-state index contributed by atoms with van der Waals surface area (Å²) in [6.45, 7) is -0.886.